The third kappa shape index (κ3) is 3.26. The molecule has 6 nitrogen and oxygen atoms in total. The molecule has 2 heterocycles. The van der Waals surface area contributed by atoms with E-state index in [9.17, 15) is 9.59 Å². The number of amides is 2. The first kappa shape index (κ1) is 16.4. The van der Waals surface area contributed by atoms with Crippen LogP contribution in [0.5, 0.6) is 5.75 Å². The van der Waals surface area contributed by atoms with E-state index in [-0.39, 0.29) is 24.2 Å². The molecule has 1 aliphatic heterocycles. The number of methoxy groups -OCH3 is 1. The van der Waals surface area contributed by atoms with E-state index in [0.717, 1.165) is 17.0 Å². The van der Waals surface area contributed by atoms with Crippen LogP contribution in [0.2, 0.25) is 0 Å². The van der Waals surface area contributed by atoms with Crippen LogP contribution in [0.25, 0.3) is 11.3 Å². The zero-order valence-electron chi connectivity index (χ0n) is 13.6. The molecule has 1 aliphatic rings. The second kappa shape index (κ2) is 7.00. The maximum absolute atomic E-state index is 12.3. The smallest absolute Gasteiger partial charge is 0.231 e. The molecular formula is C17H19N3O3S. The summed E-state index contributed by atoms with van der Waals surface area (Å²) in [5.41, 5.74) is 1.63. The summed E-state index contributed by atoms with van der Waals surface area (Å²) in [4.78, 5) is 30.3. The van der Waals surface area contributed by atoms with Crippen LogP contribution in [0.15, 0.2) is 29.6 Å². The Balaban J connectivity index is 1.70. The number of aromatic nitrogens is 1. The lowest BCUT2D eigenvalue weighted by Gasteiger charge is -2.12. The van der Waals surface area contributed by atoms with Gasteiger partial charge >= 0.3 is 0 Å². The number of anilines is 1. The summed E-state index contributed by atoms with van der Waals surface area (Å²) in [6.45, 7) is 3.03. The van der Waals surface area contributed by atoms with Gasteiger partial charge in [-0.1, -0.05) is 12.1 Å². The Labute approximate surface area is 144 Å². The lowest BCUT2D eigenvalue weighted by molar-refractivity contribution is -0.128. The van der Waals surface area contributed by atoms with Crippen molar-refractivity contribution in [3.63, 3.8) is 0 Å². The van der Waals surface area contributed by atoms with Crippen molar-refractivity contribution in [3.8, 4) is 17.0 Å². The summed E-state index contributed by atoms with van der Waals surface area (Å²) in [6, 6.07) is 7.61. The van der Waals surface area contributed by atoms with E-state index in [1.54, 1.807) is 12.0 Å². The maximum Gasteiger partial charge on any atom is 0.231 e. The Bertz CT molecular complexity index is 759. The molecule has 1 saturated heterocycles. The average Bonchev–Trinajstić information content (AvgIpc) is 3.21. The van der Waals surface area contributed by atoms with Crippen LogP contribution in [0.3, 0.4) is 0 Å². The molecule has 0 radical (unpaired) electrons. The van der Waals surface area contributed by atoms with Gasteiger partial charge in [0.2, 0.25) is 11.8 Å². The van der Waals surface area contributed by atoms with Crippen molar-refractivity contribution in [2.75, 3.05) is 25.5 Å². The fourth-order valence-corrected chi connectivity index (χ4v) is 3.49. The minimum absolute atomic E-state index is 0.0338. The molecule has 1 N–H and O–H groups in total. The van der Waals surface area contributed by atoms with Gasteiger partial charge in [0.05, 0.1) is 18.7 Å². The zero-order chi connectivity index (χ0) is 17.1. The quantitative estimate of drug-likeness (QED) is 0.904. The van der Waals surface area contributed by atoms with Crippen LogP contribution in [0.4, 0.5) is 5.13 Å². The Morgan fingerprint density at radius 2 is 2.25 bits per heavy atom. The third-order valence-electron chi connectivity index (χ3n) is 4.08. The molecular weight excluding hydrogens is 326 g/mol. The number of para-hydroxylation sites is 1. The predicted octanol–water partition coefficient (Wildman–Crippen LogP) is 2.63. The Hall–Kier alpha value is -2.41. The molecule has 126 valence electrons. The van der Waals surface area contributed by atoms with Gasteiger partial charge in [0.1, 0.15) is 5.75 Å². The normalized spacial score (nSPS) is 17.2. The number of hydrogen-bond acceptors (Lipinski definition) is 5. The van der Waals surface area contributed by atoms with E-state index in [1.165, 1.54) is 11.3 Å². The molecule has 1 fully saturated rings. The summed E-state index contributed by atoms with van der Waals surface area (Å²) in [5, 5.41) is 5.24. The van der Waals surface area contributed by atoms with Crippen molar-refractivity contribution in [2.45, 2.75) is 13.3 Å². The van der Waals surface area contributed by atoms with E-state index in [1.807, 2.05) is 36.6 Å². The summed E-state index contributed by atoms with van der Waals surface area (Å²) in [5.74, 6) is 0.309. The van der Waals surface area contributed by atoms with Gasteiger partial charge in [-0.3, -0.25) is 9.59 Å². The monoisotopic (exact) mass is 345 g/mol. The van der Waals surface area contributed by atoms with E-state index in [0.29, 0.717) is 18.2 Å². The summed E-state index contributed by atoms with van der Waals surface area (Å²) in [6.07, 6.45) is 0.268. The van der Waals surface area contributed by atoms with Crippen LogP contribution >= 0.6 is 11.3 Å². The number of carbonyl (C=O) groups is 2. The lowest BCUT2D eigenvalue weighted by Crippen LogP contribution is -2.28. The number of carbonyl (C=O) groups excluding carboxylic acids is 2. The van der Waals surface area contributed by atoms with Crippen LogP contribution in [0.1, 0.15) is 13.3 Å². The van der Waals surface area contributed by atoms with Crippen molar-refractivity contribution < 1.29 is 14.3 Å². The number of nitrogens with one attached hydrogen (secondary N) is 1. The highest BCUT2D eigenvalue weighted by Gasteiger charge is 2.33. The van der Waals surface area contributed by atoms with E-state index < -0.39 is 0 Å². The molecule has 1 aromatic carbocycles. The average molecular weight is 345 g/mol. The molecule has 0 bridgehead atoms. The molecule has 7 heteroatoms. The molecule has 24 heavy (non-hydrogen) atoms. The second-order valence-electron chi connectivity index (χ2n) is 5.56. The number of thiazole rings is 1. The largest absolute Gasteiger partial charge is 0.496 e. The first-order valence-electron chi connectivity index (χ1n) is 7.80. The van der Waals surface area contributed by atoms with Gasteiger partial charge in [-0.15, -0.1) is 11.3 Å². The summed E-state index contributed by atoms with van der Waals surface area (Å²) < 4.78 is 5.34. The standard InChI is InChI=1S/C17H19N3O3S/c1-3-20-9-11(8-15(20)21)16(22)19-17-18-13(10-24-17)12-6-4-5-7-14(12)23-2/h4-7,10-11H,3,8-9H2,1-2H3,(H,18,19,22). The zero-order valence-corrected chi connectivity index (χ0v) is 14.4. The van der Waals surface area contributed by atoms with Gasteiger partial charge in [-0.25, -0.2) is 4.98 Å². The van der Waals surface area contributed by atoms with Crippen LogP contribution in [-0.4, -0.2) is 41.9 Å². The molecule has 0 spiro atoms. The summed E-state index contributed by atoms with van der Waals surface area (Å²) >= 11 is 1.36. The highest BCUT2D eigenvalue weighted by atomic mass is 32.1. The third-order valence-corrected chi connectivity index (χ3v) is 4.84. The Kier molecular flexibility index (Phi) is 4.80. The number of likely N-dealkylation sites (tertiary alicyclic amines) is 1. The van der Waals surface area contributed by atoms with Gasteiger partial charge in [0.25, 0.3) is 0 Å². The van der Waals surface area contributed by atoms with Gasteiger partial charge < -0.3 is 15.0 Å². The van der Waals surface area contributed by atoms with Crippen LogP contribution in [-0.2, 0) is 9.59 Å². The van der Waals surface area contributed by atoms with Gasteiger partial charge in [-0.2, -0.15) is 0 Å². The molecule has 1 unspecified atom stereocenters. The first-order chi connectivity index (χ1) is 11.6. The molecule has 1 atom stereocenters. The van der Waals surface area contributed by atoms with Gasteiger partial charge in [-0.05, 0) is 19.1 Å². The van der Waals surface area contributed by atoms with Crippen molar-refractivity contribution in [2.24, 2.45) is 5.92 Å². The number of benzene rings is 1. The number of hydrogen-bond donors (Lipinski definition) is 1. The van der Waals surface area contributed by atoms with E-state index >= 15 is 0 Å². The van der Waals surface area contributed by atoms with Gasteiger partial charge in [0, 0.05) is 30.5 Å². The highest BCUT2D eigenvalue weighted by molar-refractivity contribution is 7.14. The molecule has 2 amide bonds. The van der Waals surface area contributed by atoms with Crippen molar-refractivity contribution in [1.82, 2.24) is 9.88 Å². The fraction of sp³-hybridized carbons (Fsp3) is 0.353. The summed E-state index contributed by atoms with van der Waals surface area (Å²) in [7, 11) is 1.62. The van der Waals surface area contributed by atoms with Gasteiger partial charge in [0.15, 0.2) is 5.13 Å². The van der Waals surface area contributed by atoms with Crippen molar-refractivity contribution in [1.29, 1.82) is 0 Å². The lowest BCUT2D eigenvalue weighted by atomic mass is 10.1. The van der Waals surface area contributed by atoms with E-state index in [2.05, 4.69) is 10.3 Å². The maximum atomic E-state index is 12.3. The topological polar surface area (TPSA) is 71.5 Å². The fourth-order valence-electron chi connectivity index (χ4n) is 2.77. The van der Waals surface area contributed by atoms with E-state index in [4.69, 9.17) is 4.74 Å². The van der Waals surface area contributed by atoms with Crippen LogP contribution < -0.4 is 10.1 Å². The first-order valence-corrected chi connectivity index (χ1v) is 8.68. The molecule has 3 rings (SSSR count). The predicted molar refractivity (Wildman–Crippen MR) is 93.1 cm³/mol. The molecule has 0 saturated carbocycles. The molecule has 2 aromatic rings. The number of rotatable bonds is 5. The number of ether oxygens (including phenoxy) is 1. The minimum Gasteiger partial charge on any atom is -0.496 e. The van der Waals surface area contributed by atoms with Crippen LogP contribution in [0, 0.1) is 5.92 Å². The Morgan fingerprint density at radius 3 is 2.96 bits per heavy atom. The second-order valence-corrected chi connectivity index (χ2v) is 6.42. The number of nitrogens with zero attached hydrogens (tertiary/aromatic N) is 2. The molecule has 0 aliphatic carbocycles. The highest BCUT2D eigenvalue weighted by Crippen LogP contribution is 2.32. The Morgan fingerprint density at radius 1 is 1.46 bits per heavy atom. The minimum atomic E-state index is -0.309. The van der Waals surface area contributed by atoms with Crippen molar-refractivity contribution in [3.05, 3.63) is 29.6 Å². The SMILES string of the molecule is CCN1CC(C(=O)Nc2nc(-c3ccccc3OC)cs2)CC1=O. The van der Waals surface area contributed by atoms with Crippen molar-refractivity contribution >= 4 is 28.3 Å². The molecule has 1 aromatic heterocycles.